The lowest BCUT2D eigenvalue weighted by Crippen LogP contribution is -2.53. The molecule has 0 aliphatic carbocycles. The SMILES string of the molecule is C.C.COC(=O)[C@@H]1COCCN1C(=O)Cc1ccc(Cc2nc(-c3c(F)cccc3F)nc3c2C(=O)NC3)cc1.O=C1NCc2nc(-c3c(F)cccc3F)nc(Cc3ccc(CC(=O)N4CCOC[C@H]4C(=O)O)cc3)c21. The number of esters is 1. The second-order valence-corrected chi connectivity index (χ2v) is 17.7. The van der Waals surface area contributed by atoms with E-state index in [1.54, 1.807) is 48.5 Å². The fraction of sp³-hybridized carbons (Fsp3) is 0.309. The van der Waals surface area contributed by atoms with Crippen molar-refractivity contribution in [1.29, 1.82) is 0 Å². The Bertz CT molecular complexity index is 3200. The van der Waals surface area contributed by atoms with Crippen LogP contribution in [0.4, 0.5) is 17.6 Å². The molecule has 6 heterocycles. The van der Waals surface area contributed by atoms with E-state index in [9.17, 15) is 51.4 Å². The standard InChI is InChI=1S/C27H24F2N4O5.C26H22F2N4O5.2CH4/c1-37-27(36)21-14-38-10-9-33(21)22(34)12-16-7-5-15(6-8-16)11-19-24-20(13-30-26(24)35)32-25(31-19)23-17(28)3-2-4-18(23)29;27-16-2-1-3-17(28)22(16)24-30-18(23-19(31-24)12-29-25(23)34)10-14-4-6-15(7-5-14)11-21(33)32-8-9-37-13-20(32)26(35)36;;/h2-8,21H,9-14H2,1H3,(H,30,35);1-7,20H,8-13H2,(H,29,34)(H,35,36);2*1H4/t21-;20-;;/m00../s1. The Hall–Kier alpha value is -8.50. The summed E-state index contributed by atoms with van der Waals surface area (Å²) in [6, 6.07) is 19.4. The zero-order valence-electron chi connectivity index (χ0n) is 40.0. The van der Waals surface area contributed by atoms with Crippen molar-refractivity contribution in [2.45, 2.75) is 65.7 Å². The van der Waals surface area contributed by atoms with Gasteiger partial charge in [-0.3, -0.25) is 19.2 Å². The molecule has 0 unspecified atom stereocenters. The maximum Gasteiger partial charge on any atom is 0.331 e. The summed E-state index contributed by atoms with van der Waals surface area (Å²) in [5.74, 6) is -6.33. The molecule has 2 fully saturated rings. The van der Waals surface area contributed by atoms with Crippen molar-refractivity contribution in [3.05, 3.63) is 164 Å². The van der Waals surface area contributed by atoms with Crippen molar-refractivity contribution in [1.82, 2.24) is 40.4 Å². The molecule has 2 aromatic heterocycles. The number of fused-ring (bicyclic) bond motifs is 2. The maximum absolute atomic E-state index is 14.4. The van der Waals surface area contributed by atoms with E-state index in [-0.39, 0.29) is 132 Å². The molecule has 10 rings (SSSR count). The van der Waals surface area contributed by atoms with Crippen LogP contribution in [0.3, 0.4) is 0 Å². The fourth-order valence-electron chi connectivity index (χ4n) is 9.13. The minimum absolute atomic E-state index is 0. The number of carbonyl (C=O) groups is 6. The molecule has 0 bridgehead atoms. The molecule has 4 aromatic carbocycles. The summed E-state index contributed by atoms with van der Waals surface area (Å²) in [4.78, 5) is 94.0. The van der Waals surface area contributed by atoms with Crippen LogP contribution in [0, 0.1) is 23.3 Å². The number of carboxylic acids is 1. The van der Waals surface area contributed by atoms with Gasteiger partial charge in [-0.2, -0.15) is 0 Å². The molecule has 4 aliphatic heterocycles. The summed E-state index contributed by atoms with van der Waals surface area (Å²) in [7, 11) is 1.27. The van der Waals surface area contributed by atoms with E-state index in [2.05, 4.69) is 30.6 Å². The first-order valence-electron chi connectivity index (χ1n) is 23.6. The van der Waals surface area contributed by atoms with Gasteiger partial charge in [0.1, 0.15) is 23.3 Å². The lowest BCUT2D eigenvalue weighted by atomic mass is 10.0. The number of carbonyl (C=O) groups excluding carboxylic acids is 5. The Labute approximate surface area is 439 Å². The lowest BCUT2D eigenvalue weighted by Gasteiger charge is -2.33. The molecule has 0 spiro atoms. The number of benzene rings is 4. The summed E-state index contributed by atoms with van der Waals surface area (Å²) in [6.07, 6.45) is 0.505. The van der Waals surface area contributed by atoms with Crippen LogP contribution in [0.2, 0.25) is 0 Å². The van der Waals surface area contributed by atoms with Gasteiger partial charge < -0.3 is 39.8 Å². The van der Waals surface area contributed by atoms with Crippen molar-refractivity contribution in [3.8, 4) is 22.8 Å². The quantitative estimate of drug-likeness (QED) is 0.100. The fourth-order valence-corrected chi connectivity index (χ4v) is 9.13. The van der Waals surface area contributed by atoms with Gasteiger partial charge in [-0.25, -0.2) is 47.1 Å². The number of rotatable bonds is 12. The number of morpholine rings is 2. The Morgan fingerprint density at radius 2 is 0.961 bits per heavy atom. The molecule has 2 atom stereocenters. The van der Waals surface area contributed by atoms with Crippen LogP contribution < -0.4 is 10.6 Å². The van der Waals surface area contributed by atoms with Gasteiger partial charge in [0.05, 0.1) is 104 Å². The highest BCUT2D eigenvalue weighted by Crippen LogP contribution is 2.30. The van der Waals surface area contributed by atoms with Crippen molar-refractivity contribution >= 4 is 35.6 Å². The van der Waals surface area contributed by atoms with Gasteiger partial charge in [-0.15, -0.1) is 0 Å². The topological polar surface area (TPSA) is 232 Å². The van der Waals surface area contributed by atoms with Crippen LogP contribution in [0.25, 0.3) is 22.8 Å². The van der Waals surface area contributed by atoms with Gasteiger partial charge in [0.15, 0.2) is 23.7 Å². The third kappa shape index (κ3) is 12.3. The molecule has 0 saturated carbocycles. The molecule has 6 aromatic rings. The zero-order chi connectivity index (χ0) is 52.9. The molecule has 77 heavy (non-hydrogen) atoms. The van der Waals surface area contributed by atoms with E-state index in [0.717, 1.165) is 41.0 Å². The van der Waals surface area contributed by atoms with E-state index < -0.39 is 47.3 Å². The number of aliphatic carboxylic acids is 1. The van der Waals surface area contributed by atoms with Gasteiger partial charge in [0.25, 0.3) is 11.8 Å². The minimum Gasteiger partial charge on any atom is -0.480 e. The lowest BCUT2D eigenvalue weighted by molar-refractivity contribution is -0.160. The number of ether oxygens (including phenoxy) is 3. The Morgan fingerprint density at radius 1 is 0.584 bits per heavy atom. The number of carboxylic acid groups (broad SMARTS) is 1. The summed E-state index contributed by atoms with van der Waals surface area (Å²) >= 11 is 0. The van der Waals surface area contributed by atoms with Crippen LogP contribution in [-0.2, 0) is 72.2 Å². The molecular weight excluding hydrogens is 1010 g/mol. The summed E-state index contributed by atoms with van der Waals surface area (Å²) in [5.41, 5.74) is 4.25. The molecule has 3 N–H and O–H groups in total. The second-order valence-electron chi connectivity index (χ2n) is 17.7. The highest BCUT2D eigenvalue weighted by molar-refractivity contribution is 6.00. The first-order valence-corrected chi connectivity index (χ1v) is 23.6. The van der Waals surface area contributed by atoms with Crippen LogP contribution in [0.5, 0.6) is 0 Å². The Morgan fingerprint density at radius 3 is 1.35 bits per heavy atom. The van der Waals surface area contributed by atoms with Gasteiger partial charge in [-0.1, -0.05) is 75.5 Å². The minimum atomic E-state index is -1.11. The van der Waals surface area contributed by atoms with Crippen molar-refractivity contribution < 1.29 is 65.6 Å². The van der Waals surface area contributed by atoms with E-state index in [0.29, 0.717) is 47.1 Å². The molecule has 4 aliphatic rings. The Kier molecular flexibility index (Phi) is 17.9. The van der Waals surface area contributed by atoms with E-state index in [4.69, 9.17) is 14.2 Å². The highest BCUT2D eigenvalue weighted by atomic mass is 19.1. The number of amides is 4. The van der Waals surface area contributed by atoms with Crippen molar-refractivity contribution in [3.63, 3.8) is 0 Å². The van der Waals surface area contributed by atoms with Crippen LogP contribution in [0.15, 0.2) is 84.9 Å². The molecule has 18 nitrogen and oxygen atoms in total. The van der Waals surface area contributed by atoms with E-state index >= 15 is 0 Å². The molecule has 402 valence electrons. The molecule has 0 radical (unpaired) electrons. The predicted molar refractivity (Wildman–Crippen MR) is 269 cm³/mol. The number of nitrogens with one attached hydrogen (secondary N) is 2. The van der Waals surface area contributed by atoms with Gasteiger partial charge in [0, 0.05) is 25.9 Å². The molecule has 2 saturated heterocycles. The number of aromatic nitrogens is 4. The first-order chi connectivity index (χ1) is 36.2. The summed E-state index contributed by atoms with van der Waals surface area (Å²) < 4.78 is 73.0. The largest absolute Gasteiger partial charge is 0.480 e. The number of halogens is 4. The molecule has 4 amide bonds. The molecule has 22 heteroatoms. The van der Waals surface area contributed by atoms with E-state index in [1.807, 2.05) is 0 Å². The predicted octanol–water partition coefficient (Wildman–Crippen LogP) is 5.58. The van der Waals surface area contributed by atoms with E-state index in [1.165, 1.54) is 29.0 Å². The maximum atomic E-state index is 14.4. The van der Waals surface area contributed by atoms with Gasteiger partial charge in [0.2, 0.25) is 11.8 Å². The van der Waals surface area contributed by atoms with Crippen molar-refractivity contribution in [2.75, 3.05) is 46.6 Å². The van der Waals surface area contributed by atoms with Crippen LogP contribution in [-0.4, -0.2) is 129 Å². The summed E-state index contributed by atoms with van der Waals surface area (Å²) in [5, 5.41) is 14.7. The third-order valence-corrected chi connectivity index (χ3v) is 12.9. The van der Waals surface area contributed by atoms with Gasteiger partial charge >= 0.3 is 11.9 Å². The summed E-state index contributed by atoms with van der Waals surface area (Å²) in [6.45, 7) is 1.44. The first kappa shape index (κ1) is 56.2. The normalized spacial score (nSPS) is 16.3. The van der Waals surface area contributed by atoms with Crippen LogP contribution >= 0.6 is 0 Å². The number of hydrogen-bond donors (Lipinski definition) is 3. The highest BCUT2D eigenvalue weighted by Gasteiger charge is 2.35. The average molecular weight is 1060 g/mol. The zero-order valence-corrected chi connectivity index (χ0v) is 40.0. The second kappa shape index (κ2) is 24.4. The number of methoxy groups -OCH3 is 1. The van der Waals surface area contributed by atoms with Gasteiger partial charge in [-0.05, 0) is 46.5 Å². The average Bonchev–Trinajstić information content (AvgIpc) is 4.00. The third-order valence-electron chi connectivity index (χ3n) is 12.9. The van der Waals surface area contributed by atoms with Crippen molar-refractivity contribution in [2.24, 2.45) is 0 Å². The number of nitrogens with zero attached hydrogens (tertiary/aromatic N) is 6. The monoisotopic (exact) mass is 1060 g/mol. The van der Waals surface area contributed by atoms with Crippen LogP contribution in [0.1, 0.15) is 80.6 Å². The molecular formula is C55H54F4N8O10. The Balaban J connectivity index is 0.000000218. The number of hydrogen-bond acceptors (Lipinski definition) is 13. The smallest absolute Gasteiger partial charge is 0.331 e.